The number of aliphatic hydroxyl groups is 1. The van der Waals surface area contributed by atoms with E-state index in [1.807, 2.05) is 37.5 Å². The second kappa shape index (κ2) is 6.20. The third kappa shape index (κ3) is 3.66. The Morgan fingerprint density at radius 1 is 1.33 bits per heavy atom. The maximum absolute atomic E-state index is 9.82. The van der Waals surface area contributed by atoms with E-state index in [0.29, 0.717) is 0 Å². The molecule has 0 bridgehead atoms. The van der Waals surface area contributed by atoms with Crippen LogP contribution in [-0.2, 0) is 12.5 Å². The second-order valence-electron chi connectivity index (χ2n) is 6.22. The number of rotatable bonds is 4. The highest BCUT2D eigenvalue weighted by molar-refractivity contribution is 9.10. The highest BCUT2D eigenvalue weighted by atomic mass is 79.9. The molecule has 0 fully saturated rings. The van der Waals surface area contributed by atoms with Gasteiger partial charge in [-0.2, -0.15) is 5.10 Å². The van der Waals surface area contributed by atoms with Crippen molar-refractivity contribution in [3.8, 4) is 0 Å². The SMILES string of the molecule is Cn1cc(C(CO)Nc2ccccc2Br)c(C(C)(C)C)n1. The number of hydrogen-bond donors (Lipinski definition) is 2. The standard InChI is InChI=1S/C16H22BrN3O/c1-16(2,3)15-11(9-20(4)19-15)14(10-21)18-13-8-6-5-7-12(13)17/h5-9,14,18,21H,10H2,1-4H3. The zero-order chi connectivity index (χ0) is 15.6. The third-order valence-electron chi connectivity index (χ3n) is 3.33. The molecule has 21 heavy (non-hydrogen) atoms. The number of aromatic nitrogens is 2. The van der Waals surface area contributed by atoms with Crippen LogP contribution in [0.3, 0.4) is 0 Å². The summed E-state index contributed by atoms with van der Waals surface area (Å²) < 4.78 is 2.78. The van der Waals surface area contributed by atoms with Gasteiger partial charge in [-0.15, -0.1) is 0 Å². The summed E-state index contributed by atoms with van der Waals surface area (Å²) >= 11 is 3.52. The monoisotopic (exact) mass is 351 g/mol. The van der Waals surface area contributed by atoms with E-state index in [2.05, 4.69) is 47.1 Å². The Hall–Kier alpha value is -1.33. The summed E-state index contributed by atoms with van der Waals surface area (Å²) in [5.74, 6) is 0. The number of nitrogens with zero attached hydrogens (tertiary/aromatic N) is 2. The molecule has 1 aromatic carbocycles. The molecule has 0 aliphatic heterocycles. The lowest BCUT2D eigenvalue weighted by Crippen LogP contribution is -2.21. The molecule has 1 unspecified atom stereocenters. The van der Waals surface area contributed by atoms with E-state index in [0.717, 1.165) is 21.4 Å². The molecule has 114 valence electrons. The fourth-order valence-electron chi connectivity index (χ4n) is 2.33. The molecule has 0 amide bonds. The second-order valence-corrected chi connectivity index (χ2v) is 7.07. The quantitative estimate of drug-likeness (QED) is 0.884. The van der Waals surface area contributed by atoms with Crippen LogP contribution in [0.4, 0.5) is 5.69 Å². The summed E-state index contributed by atoms with van der Waals surface area (Å²) in [6, 6.07) is 7.71. The molecule has 2 rings (SSSR count). The first kappa shape index (κ1) is 16.0. The van der Waals surface area contributed by atoms with Gasteiger partial charge in [0.2, 0.25) is 0 Å². The molecule has 2 aromatic rings. The number of nitrogens with one attached hydrogen (secondary N) is 1. The molecular formula is C16H22BrN3O. The molecule has 0 saturated carbocycles. The van der Waals surface area contributed by atoms with Crippen molar-refractivity contribution in [3.63, 3.8) is 0 Å². The Morgan fingerprint density at radius 3 is 2.57 bits per heavy atom. The first-order chi connectivity index (χ1) is 9.82. The van der Waals surface area contributed by atoms with Gasteiger partial charge in [0.25, 0.3) is 0 Å². The predicted molar refractivity (Wildman–Crippen MR) is 89.5 cm³/mol. The number of anilines is 1. The van der Waals surface area contributed by atoms with Gasteiger partial charge in [-0.1, -0.05) is 32.9 Å². The van der Waals surface area contributed by atoms with Crippen LogP contribution in [0.1, 0.15) is 38.1 Å². The normalized spacial score (nSPS) is 13.2. The van der Waals surface area contributed by atoms with Gasteiger partial charge < -0.3 is 10.4 Å². The fourth-order valence-corrected chi connectivity index (χ4v) is 2.73. The van der Waals surface area contributed by atoms with Gasteiger partial charge in [-0.05, 0) is 28.1 Å². The van der Waals surface area contributed by atoms with Gasteiger partial charge in [-0.3, -0.25) is 4.68 Å². The minimum Gasteiger partial charge on any atom is -0.394 e. The largest absolute Gasteiger partial charge is 0.394 e. The van der Waals surface area contributed by atoms with E-state index in [9.17, 15) is 5.11 Å². The maximum Gasteiger partial charge on any atom is 0.0778 e. The van der Waals surface area contributed by atoms with Crippen molar-refractivity contribution in [2.75, 3.05) is 11.9 Å². The van der Waals surface area contributed by atoms with E-state index < -0.39 is 0 Å². The van der Waals surface area contributed by atoms with Crippen molar-refractivity contribution in [3.05, 3.63) is 46.2 Å². The highest BCUT2D eigenvalue weighted by Gasteiger charge is 2.26. The zero-order valence-corrected chi connectivity index (χ0v) is 14.5. The lowest BCUT2D eigenvalue weighted by atomic mass is 9.87. The van der Waals surface area contributed by atoms with E-state index in [4.69, 9.17) is 0 Å². The zero-order valence-electron chi connectivity index (χ0n) is 12.9. The molecule has 0 spiro atoms. The topological polar surface area (TPSA) is 50.1 Å². The Balaban J connectivity index is 2.37. The van der Waals surface area contributed by atoms with Crippen LogP contribution in [0.15, 0.2) is 34.9 Å². The number of para-hydroxylation sites is 1. The van der Waals surface area contributed by atoms with E-state index in [1.54, 1.807) is 4.68 Å². The Kier molecular flexibility index (Phi) is 4.74. The van der Waals surface area contributed by atoms with Crippen molar-refractivity contribution >= 4 is 21.6 Å². The van der Waals surface area contributed by atoms with Crippen molar-refractivity contribution in [2.24, 2.45) is 7.05 Å². The molecular weight excluding hydrogens is 330 g/mol. The van der Waals surface area contributed by atoms with Gasteiger partial charge in [0.05, 0.1) is 18.3 Å². The molecule has 1 heterocycles. The predicted octanol–water partition coefficient (Wildman–Crippen LogP) is 3.63. The Morgan fingerprint density at radius 2 is 2.00 bits per heavy atom. The third-order valence-corrected chi connectivity index (χ3v) is 4.02. The average molecular weight is 352 g/mol. The van der Waals surface area contributed by atoms with Crippen LogP contribution in [0, 0.1) is 0 Å². The number of aryl methyl sites for hydroxylation is 1. The van der Waals surface area contributed by atoms with E-state index in [-0.39, 0.29) is 18.1 Å². The maximum atomic E-state index is 9.82. The van der Waals surface area contributed by atoms with Crippen molar-refractivity contribution in [1.29, 1.82) is 0 Å². The lowest BCUT2D eigenvalue weighted by molar-refractivity contribution is 0.275. The van der Waals surface area contributed by atoms with Crippen LogP contribution in [-0.4, -0.2) is 21.5 Å². The summed E-state index contributed by atoms with van der Waals surface area (Å²) in [4.78, 5) is 0. The molecule has 0 aliphatic carbocycles. The van der Waals surface area contributed by atoms with E-state index >= 15 is 0 Å². The van der Waals surface area contributed by atoms with Gasteiger partial charge in [0, 0.05) is 34.4 Å². The Labute approximate surface area is 134 Å². The van der Waals surface area contributed by atoms with Crippen molar-refractivity contribution in [2.45, 2.75) is 32.2 Å². The molecule has 2 N–H and O–H groups in total. The molecule has 0 saturated heterocycles. The van der Waals surface area contributed by atoms with Crippen LogP contribution in [0.2, 0.25) is 0 Å². The Bertz CT molecular complexity index is 616. The van der Waals surface area contributed by atoms with Crippen LogP contribution >= 0.6 is 15.9 Å². The van der Waals surface area contributed by atoms with Gasteiger partial charge in [-0.25, -0.2) is 0 Å². The van der Waals surface area contributed by atoms with E-state index in [1.165, 1.54) is 0 Å². The van der Waals surface area contributed by atoms with Gasteiger partial charge >= 0.3 is 0 Å². The van der Waals surface area contributed by atoms with Crippen LogP contribution in [0.25, 0.3) is 0 Å². The number of aliphatic hydroxyl groups excluding tert-OH is 1. The van der Waals surface area contributed by atoms with Crippen molar-refractivity contribution in [1.82, 2.24) is 9.78 Å². The summed E-state index contributed by atoms with van der Waals surface area (Å²) in [6.45, 7) is 6.40. The minimum atomic E-state index is -0.188. The molecule has 1 atom stereocenters. The highest BCUT2D eigenvalue weighted by Crippen LogP contribution is 2.31. The average Bonchev–Trinajstić information content (AvgIpc) is 2.80. The first-order valence-corrected chi connectivity index (χ1v) is 7.78. The summed E-state index contributed by atoms with van der Waals surface area (Å²) in [7, 11) is 1.91. The molecule has 0 aliphatic rings. The summed E-state index contributed by atoms with van der Waals surface area (Å²) in [6.07, 6.45) is 1.98. The number of halogens is 1. The smallest absolute Gasteiger partial charge is 0.0778 e. The van der Waals surface area contributed by atoms with Crippen LogP contribution < -0.4 is 5.32 Å². The minimum absolute atomic E-state index is 0.0100. The van der Waals surface area contributed by atoms with Gasteiger partial charge in [0.1, 0.15) is 0 Å². The number of benzene rings is 1. The molecule has 5 heteroatoms. The van der Waals surface area contributed by atoms with Gasteiger partial charge in [0.15, 0.2) is 0 Å². The molecule has 0 radical (unpaired) electrons. The van der Waals surface area contributed by atoms with Crippen molar-refractivity contribution < 1.29 is 5.11 Å². The lowest BCUT2D eigenvalue weighted by Gasteiger charge is -2.23. The number of hydrogen-bond acceptors (Lipinski definition) is 3. The molecule has 4 nitrogen and oxygen atoms in total. The first-order valence-electron chi connectivity index (χ1n) is 6.99. The fraction of sp³-hybridized carbons (Fsp3) is 0.438. The molecule has 1 aromatic heterocycles. The summed E-state index contributed by atoms with van der Waals surface area (Å²) in [5, 5.41) is 17.8. The van der Waals surface area contributed by atoms with Crippen LogP contribution in [0.5, 0.6) is 0 Å². The summed E-state index contributed by atoms with van der Waals surface area (Å²) in [5.41, 5.74) is 2.92.